The standard InChI is InChI=1S/C12H19N/c1-8-2-10-3-9(1)5-12(4-8,6-10)11-7-13-11/h8-11,13H,1-7H2. The molecular weight excluding hydrogens is 158 g/mol. The lowest BCUT2D eigenvalue weighted by Gasteiger charge is -2.57. The van der Waals surface area contributed by atoms with Crippen molar-refractivity contribution in [3.63, 3.8) is 0 Å². The van der Waals surface area contributed by atoms with Crippen molar-refractivity contribution in [2.24, 2.45) is 23.2 Å². The first kappa shape index (κ1) is 7.28. The van der Waals surface area contributed by atoms with E-state index in [-0.39, 0.29) is 0 Å². The first-order valence-electron chi connectivity index (χ1n) is 6.07. The second-order valence-electron chi connectivity index (χ2n) is 6.24. The van der Waals surface area contributed by atoms with Crippen molar-refractivity contribution < 1.29 is 0 Å². The van der Waals surface area contributed by atoms with Crippen LogP contribution in [0.5, 0.6) is 0 Å². The zero-order valence-corrected chi connectivity index (χ0v) is 8.26. The van der Waals surface area contributed by atoms with Crippen LogP contribution in [-0.4, -0.2) is 12.6 Å². The van der Waals surface area contributed by atoms with Gasteiger partial charge in [0.25, 0.3) is 0 Å². The van der Waals surface area contributed by atoms with Crippen molar-refractivity contribution in [2.75, 3.05) is 6.54 Å². The Hall–Kier alpha value is -0.0400. The van der Waals surface area contributed by atoms with E-state index in [2.05, 4.69) is 5.32 Å². The monoisotopic (exact) mass is 177 g/mol. The molecule has 1 nitrogen and oxygen atoms in total. The van der Waals surface area contributed by atoms with E-state index in [1.54, 1.807) is 38.5 Å². The fourth-order valence-electron chi connectivity index (χ4n) is 5.10. The van der Waals surface area contributed by atoms with E-state index in [1.165, 1.54) is 6.54 Å². The van der Waals surface area contributed by atoms with Gasteiger partial charge in [-0.1, -0.05) is 0 Å². The van der Waals surface area contributed by atoms with Crippen molar-refractivity contribution in [1.29, 1.82) is 0 Å². The summed E-state index contributed by atoms with van der Waals surface area (Å²) in [6.45, 7) is 1.34. The molecule has 1 saturated heterocycles. The first-order valence-corrected chi connectivity index (χ1v) is 6.07. The zero-order valence-electron chi connectivity index (χ0n) is 8.26. The zero-order chi connectivity index (χ0) is 8.47. The van der Waals surface area contributed by atoms with Gasteiger partial charge in [-0.2, -0.15) is 0 Å². The van der Waals surface area contributed by atoms with Gasteiger partial charge in [-0.25, -0.2) is 0 Å². The van der Waals surface area contributed by atoms with Gasteiger partial charge in [0.15, 0.2) is 0 Å². The van der Waals surface area contributed by atoms with Gasteiger partial charge in [0, 0.05) is 12.6 Å². The summed E-state index contributed by atoms with van der Waals surface area (Å²) in [5.41, 5.74) is 0.800. The van der Waals surface area contributed by atoms with Gasteiger partial charge in [-0.05, 0) is 61.7 Å². The van der Waals surface area contributed by atoms with Gasteiger partial charge < -0.3 is 5.32 Å². The first-order chi connectivity index (χ1) is 6.34. The number of hydrogen-bond donors (Lipinski definition) is 1. The molecule has 1 aliphatic heterocycles. The summed E-state index contributed by atoms with van der Waals surface area (Å²) in [7, 11) is 0. The summed E-state index contributed by atoms with van der Waals surface area (Å²) in [6, 6.07) is 0.945. The molecule has 1 N–H and O–H groups in total. The highest BCUT2D eigenvalue weighted by atomic mass is 15.1. The lowest BCUT2D eigenvalue weighted by atomic mass is 9.48. The Morgan fingerprint density at radius 2 is 1.31 bits per heavy atom. The molecule has 0 aromatic carbocycles. The van der Waals surface area contributed by atoms with Crippen LogP contribution in [0.3, 0.4) is 0 Å². The maximum Gasteiger partial charge on any atom is 0.0249 e. The molecule has 0 amide bonds. The summed E-state index contributed by atoms with van der Waals surface area (Å²) in [5.74, 6) is 3.40. The number of rotatable bonds is 1. The predicted octanol–water partition coefficient (Wildman–Crippen LogP) is 2.17. The van der Waals surface area contributed by atoms with Crippen molar-refractivity contribution in [3.8, 4) is 0 Å². The van der Waals surface area contributed by atoms with E-state index in [4.69, 9.17) is 0 Å². The van der Waals surface area contributed by atoms with Crippen molar-refractivity contribution in [1.82, 2.24) is 5.32 Å². The summed E-state index contributed by atoms with van der Waals surface area (Å²) >= 11 is 0. The van der Waals surface area contributed by atoms with E-state index in [0.29, 0.717) is 0 Å². The minimum Gasteiger partial charge on any atom is -0.311 e. The molecule has 1 unspecified atom stereocenters. The van der Waals surface area contributed by atoms with Crippen LogP contribution in [0.25, 0.3) is 0 Å². The smallest absolute Gasteiger partial charge is 0.0249 e. The fraction of sp³-hybridized carbons (Fsp3) is 1.00. The van der Waals surface area contributed by atoms with E-state index in [1.807, 2.05) is 0 Å². The number of nitrogens with one attached hydrogen (secondary N) is 1. The Morgan fingerprint density at radius 3 is 1.69 bits per heavy atom. The maximum atomic E-state index is 3.59. The molecular formula is C12H19N. The van der Waals surface area contributed by atoms with E-state index < -0.39 is 0 Å². The van der Waals surface area contributed by atoms with Crippen molar-refractivity contribution >= 4 is 0 Å². The molecule has 4 bridgehead atoms. The van der Waals surface area contributed by atoms with Crippen LogP contribution < -0.4 is 5.32 Å². The van der Waals surface area contributed by atoms with Crippen LogP contribution >= 0.6 is 0 Å². The molecule has 5 rings (SSSR count). The molecule has 1 heterocycles. The molecule has 0 aromatic heterocycles. The molecule has 1 atom stereocenters. The summed E-state index contributed by atoms with van der Waals surface area (Å²) in [5, 5.41) is 3.59. The van der Waals surface area contributed by atoms with E-state index >= 15 is 0 Å². The van der Waals surface area contributed by atoms with Gasteiger partial charge in [0.1, 0.15) is 0 Å². The molecule has 72 valence electrons. The third kappa shape index (κ3) is 0.918. The van der Waals surface area contributed by atoms with Gasteiger partial charge in [-0.15, -0.1) is 0 Å². The Labute approximate surface area is 80.3 Å². The minimum absolute atomic E-state index is 0.800. The SMILES string of the molecule is C1C2CC3CC1CC(C1CN1)(C2)C3. The molecule has 0 radical (unpaired) electrons. The molecule has 5 fully saturated rings. The maximum absolute atomic E-state index is 3.59. The molecule has 1 heteroatoms. The summed E-state index contributed by atoms with van der Waals surface area (Å²) in [6.07, 6.45) is 9.51. The highest BCUT2D eigenvalue weighted by Gasteiger charge is 2.56. The highest BCUT2D eigenvalue weighted by molar-refractivity contribution is 5.10. The second-order valence-corrected chi connectivity index (χ2v) is 6.24. The summed E-state index contributed by atoms with van der Waals surface area (Å²) in [4.78, 5) is 0. The topological polar surface area (TPSA) is 21.9 Å². The van der Waals surface area contributed by atoms with Crippen LogP contribution in [0.4, 0.5) is 0 Å². The Balaban J connectivity index is 1.71. The van der Waals surface area contributed by atoms with Gasteiger partial charge in [-0.3, -0.25) is 0 Å². The lowest BCUT2D eigenvalue weighted by molar-refractivity contribution is -0.0528. The normalized spacial score (nSPS) is 62.8. The predicted molar refractivity (Wildman–Crippen MR) is 52.4 cm³/mol. The number of hydrogen-bond acceptors (Lipinski definition) is 1. The Morgan fingerprint density at radius 1 is 0.846 bits per heavy atom. The lowest BCUT2D eigenvalue weighted by Crippen LogP contribution is -2.49. The molecule has 0 spiro atoms. The van der Waals surface area contributed by atoms with Gasteiger partial charge in [0.2, 0.25) is 0 Å². The largest absolute Gasteiger partial charge is 0.311 e. The van der Waals surface area contributed by atoms with Crippen LogP contribution in [-0.2, 0) is 0 Å². The quantitative estimate of drug-likeness (QED) is 0.609. The minimum atomic E-state index is 0.800. The third-order valence-electron chi connectivity index (χ3n) is 5.23. The molecule has 13 heavy (non-hydrogen) atoms. The van der Waals surface area contributed by atoms with Crippen LogP contribution in [0.15, 0.2) is 0 Å². The summed E-state index contributed by atoms with van der Waals surface area (Å²) < 4.78 is 0. The Kier molecular flexibility index (Phi) is 1.19. The van der Waals surface area contributed by atoms with E-state index in [9.17, 15) is 0 Å². The van der Waals surface area contributed by atoms with Crippen LogP contribution in [0, 0.1) is 23.2 Å². The van der Waals surface area contributed by atoms with Gasteiger partial charge in [0.05, 0.1) is 0 Å². The third-order valence-corrected chi connectivity index (χ3v) is 5.23. The van der Waals surface area contributed by atoms with Crippen LogP contribution in [0.2, 0.25) is 0 Å². The van der Waals surface area contributed by atoms with Crippen molar-refractivity contribution in [2.45, 2.75) is 44.6 Å². The van der Waals surface area contributed by atoms with E-state index in [0.717, 1.165) is 29.2 Å². The Bertz CT molecular complexity index is 206. The van der Waals surface area contributed by atoms with Gasteiger partial charge >= 0.3 is 0 Å². The molecule has 0 aromatic rings. The average Bonchev–Trinajstić information content (AvgIpc) is 2.81. The van der Waals surface area contributed by atoms with Crippen molar-refractivity contribution in [3.05, 3.63) is 0 Å². The molecule has 5 aliphatic rings. The average molecular weight is 177 g/mol. The molecule has 4 saturated carbocycles. The van der Waals surface area contributed by atoms with Crippen LogP contribution in [0.1, 0.15) is 38.5 Å². The fourth-order valence-corrected chi connectivity index (χ4v) is 5.10. The highest BCUT2D eigenvalue weighted by Crippen LogP contribution is 2.62. The molecule has 4 aliphatic carbocycles. The second kappa shape index (κ2) is 2.13.